The maximum atomic E-state index is 12.0. The van der Waals surface area contributed by atoms with Crippen LogP contribution in [0, 0.1) is 0 Å². The third kappa shape index (κ3) is 5.38. The minimum Gasteiger partial charge on any atom is -0.394 e. The van der Waals surface area contributed by atoms with E-state index >= 15 is 0 Å². The number of likely N-dealkylation sites (tertiary alicyclic amines) is 1. The highest BCUT2D eigenvalue weighted by atomic mass is 16.3. The molecule has 1 atom stereocenters. The second-order valence-corrected chi connectivity index (χ2v) is 5.44. The summed E-state index contributed by atoms with van der Waals surface area (Å²) < 4.78 is 0. The zero-order chi connectivity index (χ0) is 13.2. The molecule has 0 radical (unpaired) electrons. The number of hydrogen-bond donors (Lipinski definition) is 1. The predicted molar refractivity (Wildman–Crippen MR) is 74.4 cm³/mol. The smallest absolute Gasteiger partial charge is 0.222 e. The molecule has 1 unspecified atom stereocenters. The van der Waals surface area contributed by atoms with Gasteiger partial charge in [0.05, 0.1) is 12.6 Å². The molecule has 0 bridgehead atoms. The van der Waals surface area contributed by atoms with Crippen molar-refractivity contribution in [3.63, 3.8) is 0 Å². The quantitative estimate of drug-likeness (QED) is 0.643. The topological polar surface area (TPSA) is 40.5 Å². The molecule has 1 aliphatic rings. The first-order valence-electron chi connectivity index (χ1n) is 7.70. The van der Waals surface area contributed by atoms with E-state index in [-0.39, 0.29) is 18.6 Å². The molecule has 1 saturated heterocycles. The van der Waals surface area contributed by atoms with Crippen LogP contribution in [0.2, 0.25) is 0 Å². The number of aliphatic hydroxyl groups is 1. The lowest BCUT2D eigenvalue weighted by atomic mass is 10.1. The monoisotopic (exact) mass is 255 g/mol. The van der Waals surface area contributed by atoms with E-state index in [0.29, 0.717) is 6.42 Å². The van der Waals surface area contributed by atoms with Crippen molar-refractivity contribution < 1.29 is 9.90 Å². The number of aliphatic hydroxyl groups excluding tert-OH is 1. The second kappa shape index (κ2) is 9.37. The second-order valence-electron chi connectivity index (χ2n) is 5.44. The maximum Gasteiger partial charge on any atom is 0.222 e. The SMILES string of the molecule is CCCCCCCCCC(=O)N1CCCC1CO. The van der Waals surface area contributed by atoms with Gasteiger partial charge < -0.3 is 10.0 Å². The third-order valence-electron chi connectivity index (χ3n) is 3.90. The van der Waals surface area contributed by atoms with Gasteiger partial charge in [0.15, 0.2) is 0 Å². The Kier molecular flexibility index (Phi) is 8.06. The van der Waals surface area contributed by atoms with Gasteiger partial charge in [0.25, 0.3) is 0 Å². The van der Waals surface area contributed by atoms with Crippen LogP contribution < -0.4 is 0 Å². The lowest BCUT2D eigenvalue weighted by molar-refractivity contribution is -0.132. The molecule has 1 rings (SSSR count). The van der Waals surface area contributed by atoms with Gasteiger partial charge in [-0.25, -0.2) is 0 Å². The molecule has 1 heterocycles. The number of carbonyl (C=O) groups is 1. The Morgan fingerprint density at radius 1 is 1.17 bits per heavy atom. The first-order chi connectivity index (χ1) is 8.79. The molecule has 0 spiro atoms. The van der Waals surface area contributed by atoms with Gasteiger partial charge in [-0.15, -0.1) is 0 Å². The van der Waals surface area contributed by atoms with Crippen LogP contribution in [0.25, 0.3) is 0 Å². The minimum absolute atomic E-state index is 0.0991. The fourth-order valence-corrected chi connectivity index (χ4v) is 2.73. The first kappa shape index (κ1) is 15.5. The molecule has 0 aromatic carbocycles. The van der Waals surface area contributed by atoms with Crippen molar-refractivity contribution in [3.8, 4) is 0 Å². The van der Waals surface area contributed by atoms with Crippen LogP contribution in [0.15, 0.2) is 0 Å². The Morgan fingerprint density at radius 3 is 2.50 bits per heavy atom. The summed E-state index contributed by atoms with van der Waals surface area (Å²) in [5.41, 5.74) is 0. The summed E-state index contributed by atoms with van der Waals surface area (Å²) in [5.74, 6) is 0.250. The molecule has 0 aromatic heterocycles. The van der Waals surface area contributed by atoms with Crippen LogP contribution in [0.4, 0.5) is 0 Å². The molecular formula is C15H29NO2. The van der Waals surface area contributed by atoms with Gasteiger partial charge in [0.2, 0.25) is 5.91 Å². The van der Waals surface area contributed by atoms with Crippen molar-refractivity contribution in [2.75, 3.05) is 13.2 Å². The average molecular weight is 255 g/mol. The van der Waals surface area contributed by atoms with Crippen LogP contribution >= 0.6 is 0 Å². The van der Waals surface area contributed by atoms with E-state index in [9.17, 15) is 9.90 Å². The summed E-state index contributed by atoms with van der Waals surface area (Å²) in [5, 5.41) is 9.18. The van der Waals surface area contributed by atoms with E-state index in [0.717, 1.165) is 25.8 Å². The van der Waals surface area contributed by atoms with Gasteiger partial charge in [-0.1, -0.05) is 45.4 Å². The van der Waals surface area contributed by atoms with Crippen LogP contribution in [0.5, 0.6) is 0 Å². The molecule has 0 aromatic rings. The normalized spacial score (nSPS) is 19.4. The summed E-state index contributed by atoms with van der Waals surface area (Å²) in [4.78, 5) is 13.9. The van der Waals surface area contributed by atoms with Gasteiger partial charge >= 0.3 is 0 Å². The Labute approximate surface area is 112 Å². The standard InChI is InChI=1S/C15H29NO2/c1-2-3-4-5-6-7-8-11-15(18)16-12-9-10-14(16)13-17/h14,17H,2-13H2,1H3. The summed E-state index contributed by atoms with van der Waals surface area (Å²) in [7, 11) is 0. The number of nitrogens with zero attached hydrogens (tertiary/aromatic N) is 1. The number of carbonyl (C=O) groups excluding carboxylic acids is 1. The molecule has 0 saturated carbocycles. The third-order valence-corrected chi connectivity index (χ3v) is 3.90. The molecule has 1 aliphatic heterocycles. The highest BCUT2D eigenvalue weighted by Gasteiger charge is 2.27. The zero-order valence-electron chi connectivity index (χ0n) is 11.9. The van der Waals surface area contributed by atoms with E-state index in [2.05, 4.69) is 6.92 Å². The van der Waals surface area contributed by atoms with Crippen molar-refractivity contribution in [2.24, 2.45) is 0 Å². The largest absolute Gasteiger partial charge is 0.394 e. The van der Waals surface area contributed by atoms with E-state index < -0.39 is 0 Å². The van der Waals surface area contributed by atoms with Crippen molar-refractivity contribution in [3.05, 3.63) is 0 Å². The van der Waals surface area contributed by atoms with Crippen LogP contribution in [-0.4, -0.2) is 35.1 Å². The Balaban J connectivity index is 2.03. The summed E-state index contributed by atoms with van der Waals surface area (Å²) in [6.07, 6.45) is 11.4. The molecule has 3 nitrogen and oxygen atoms in total. The van der Waals surface area contributed by atoms with Gasteiger partial charge in [-0.05, 0) is 19.3 Å². The van der Waals surface area contributed by atoms with Gasteiger partial charge in [0.1, 0.15) is 0 Å². The fourth-order valence-electron chi connectivity index (χ4n) is 2.73. The molecular weight excluding hydrogens is 226 g/mol. The van der Waals surface area contributed by atoms with Crippen LogP contribution in [0.1, 0.15) is 71.1 Å². The summed E-state index contributed by atoms with van der Waals surface area (Å²) in [6, 6.07) is 0.0991. The van der Waals surface area contributed by atoms with Crippen LogP contribution in [-0.2, 0) is 4.79 Å². The Bertz CT molecular complexity index is 231. The summed E-state index contributed by atoms with van der Waals surface area (Å²) in [6.45, 7) is 3.20. The minimum atomic E-state index is 0.0991. The lowest BCUT2D eigenvalue weighted by Gasteiger charge is -2.22. The Morgan fingerprint density at radius 2 is 1.83 bits per heavy atom. The van der Waals surface area contributed by atoms with Crippen molar-refractivity contribution in [2.45, 2.75) is 77.2 Å². The molecule has 1 fully saturated rings. The number of hydrogen-bond acceptors (Lipinski definition) is 2. The van der Waals surface area contributed by atoms with Gasteiger partial charge in [-0.2, -0.15) is 0 Å². The van der Waals surface area contributed by atoms with Crippen LogP contribution in [0.3, 0.4) is 0 Å². The van der Waals surface area contributed by atoms with Crippen molar-refractivity contribution >= 4 is 5.91 Å². The molecule has 1 amide bonds. The molecule has 3 heteroatoms. The summed E-state index contributed by atoms with van der Waals surface area (Å²) >= 11 is 0. The molecule has 0 aliphatic carbocycles. The number of amides is 1. The van der Waals surface area contributed by atoms with E-state index in [1.165, 1.54) is 38.5 Å². The zero-order valence-corrected chi connectivity index (χ0v) is 11.9. The average Bonchev–Trinajstić information content (AvgIpc) is 2.85. The highest BCUT2D eigenvalue weighted by molar-refractivity contribution is 5.76. The van der Waals surface area contributed by atoms with Crippen molar-refractivity contribution in [1.29, 1.82) is 0 Å². The number of rotatable bonds is 9. The first-order valence-corrected chi connectivity index (χ1v) is 7.70. The lowest BCUT2D eigenvalue weighted by Crippen LogP contribution is -2.37. The van der Waals surface area contributed by atoms with E-state index in [1.54, 1.807) is 0 Å². The molecule has 18 heavy (non-hydrogen) atoms. The van der Waals surface area contributed by atoms with Gasteiger partial charge in [-0.3, -0.25) is 4.79 Å². The molecule has 1 N–H and O–H groups in total. The van der Waals surface area contributed by atoms with E-state index in [4.69, 9.17) is 0 Å². The highest BCUT2D eigenvalue weighted by Crippen LogP contribution is 2.18. The fraction of sp³-hybridized carbons (Fsp3) is 0.933. The predicted octanol–water partition coefficient (Wildman–Crippen LogP) is 3.11. The Hall–Kier alpha value is -0.570. The van der Waals surface area contributed by atoms with E-state index in [1.807, 2.05) is 4.90 Å². The number of unbranched alkanes of at least 4 members (excludes halogenated alkanes) is 6. The maximum absolute atomic E-state index is 12.0. The van der Waals surface area contributed by atoms with Crippen molar-refractivity contribution in [1.82, 2.24) is 4.90 Å². The molecule has 106 valence electrons. The van der Waals surface area contributed by atoms with Gasteiger partial charge in [0, 0.05) is 13.0 Å².